The molecule has 0 saturated heterocycles. The van der Waals surface area contributed by atoms with E-state index in [2.05, 4.69) is 12.2 Å². The van der Waals surface area contributed by atoms with Crippen LogP contribution in [0.3, 0.4) is 0 Å². The van der Waals surface area contributed by atoms with Gasteiger partial charge in [-0.25, -0.2) is 0 Å². The maximum atomic E-state index is 10.6. The molecule has 0 bridgehead atoms. The summed E-state index contributed by atoms with van der Waals surface area (Å²) in [6, 6.07) is 0. The molecular weight excluding hydrogens is 284 g/mol. The number of hydrogen-bond donors (Lipinski definition) is 2. The van der Waals surface area contributed by atoms with Crippen LogP contribution in [0.4, 0.5) is 0 Å². The van der Waals surface area contributed by atoms with Crippen LogP contribution in [-0.2, 0) is 0 Å². The van der Waals surface area contributed by atoms with Crippen LogP contribution < -0.4 is 0 Å². The predicted octanol–water partition coefficient (Wildman–Crippen LogP) is 2.03. The van der Waals surface area contributed by atoms with Gasteiger partial charge in [0.15, 0.2) is 0 Å². The Labute approximate surface area is 137 Å². The molecule has 8 aliphatic carbocycles. The third-order valence-electron chi connectivity index (χ3n) is 11.4. The second kappa shape index (κ2) is 3.21. The van der Waals surface area contributed by atoms with Gasteiger partial charge in [0.05, 0.1) is 13.2 Å². The number of rotatable bonds is 2. The first-order valence-electron chi connectivity index (χ1n) is 10.2. The molecule has 0 unspecified atom stereocenters. The minimum atomic E-state index is -0.145. The first-order valence-corrected chi connectivity index (χ1v) is 10.2. The smallest absolute Gasteiger partial charge is 0.0515 e. The van der Waals surface area contributed by atoms with E-state index in [-0.39, 0.29) is 18.6 Å². The Hall–Kier alpha value is -0.340. The van der Waals surface area contributed by atoms with E-state index in [0.29, 0.717) is 17.8 Å². The lowest BCUT2D eigenvalue weighted by Gasteiger charge is -2.43. The normalized spacial score (nSPS) is 74.7. The lowest BCUT2D eigenvalue weighted by Crippen LogP contribution is -2.45. The molecule has 8 rings (SSSR count). The first kappa shape index (κ1) is 12.1. The maximum absolute atomic E-state index is 10.6. The van der Waals surface area contributed by atoms with E-state index < -0.39 is 0 Å². The molecule has 0 spiro atoms. The monoisotopic (exact) mass is 310 g/mol. The Balaban J connectivity index is 1.48. The van der Waals surface area contributed by atoms with Crippen LogP contribution in [-0.4, -0.2) is 23.4 Å². The molecule has 0 aromatic heterocycles. The lowest BCUT2D eigenvalue weighted by molar-refractivity contribution is -0.0487. The molecular formula is C21H26O2. The summed E-state index contributed by atoms with van der Waals surface area (Å²) in [5.41, 5.74) is -0.145. The summed E-state index contributed by atoms with van der Waals surface area (Å²) in [5.74, 6) is 12.4. The van der Waals surface area contributed by atoms with Crippen molar-refractivity contribution >= 4 is 0 Å². The SMILES string of the molecule is OCC1(CO)[C@@H]2[C@@H]3C=C[C@@H]4[C@@H]3[C@@H]3[C@H]5[C@@H]6[C@@H]7[C@@H](CC[C@H]7[C@H]1[C@H]6[C@H]32)[C@H]45. The molecule has 8 aliphatic rings. The van der Waals surface area contributed by atoms with Gasteiger partial charge < -0.3 is 10.2 Å². The highest BCUT2D eigenvalue weighted by Gasteiger charge is 2.87. The average molecular weight is 310 g/mol. The number of allylic oxidation sites excluding steroid dienone is 2. The van der Waals surface area contributed by atoms with Crippen molar-refractivity contribution in [2.45, 2.75) is 12.8 Å². The van der Waals surface area contributed by atoms with E-state index in [1.165, 1.54) is 12.8 Å². The van der Waals surface area contributed by atoms with Crippen LogP contribution in [0.1, 0.15) is 12.8 Å². The highest BCUT2D eigenvalue weighted by molar-refractivity contribution is 5.37. The Morgan fingerprint density at radius 1 is 0.652 bits per heavy atom. The van der Waals surface area contributed by atoms with Crippen molar-refractivity contribution in [1.29, 1.82) is 0 Å². The summed E-state index contributed by atoms with van der Waals surface area (Å²) >= 11 is 0. The average Bonchev–Trinajstić information content (AvgIpc) is 3.28. The largest absolute Gasteiger partial charge is 0.396 e. The van der Waals surface area contributed by atoms with E-state index >= 15 is 0 Å². The van der Waals surface area contributed by atoms with Crippen LogP contribution in [0.15, 0.2) is 12.2 Å². The first-order chi connectivity index (χ1) is 11.3. The Morgan fingerprint density at radius 2 is 1.30 bits per heavy atom. The van der Waals surface area contributed by atoms with Crippen molar-refractivity contribution in [2.75, 3.05) is 13.2 Å². The Kier molecular flexibility index (Phi) is 1.69. The summed E-state index contributed by atoms with van der Waals surface area (Å²) in [5, 5.41) is 21.1. The molecule has 7 fully saturated rings. The Bertz CT molecular complexity index is 665. The molecule has 2 heteroatoms. The van der Waals surface area contributed by atoms with E-state index in [9.17, 15) is 10.2 Å². The summed E-state index contributed by atoms with van der Waals surface area (Å²) in [6.45, 7) is 0.490. The number of aliphatic hydroxyl groups is 2. The molecule has 23 heavy (non-hydrogen) atoms. The predicted molar refractivity (Wildman–Crippen MR) is 83.8 cm³/mol. The third kappa shape index (κ3) is 0.843. The third-order valence-corrected chi connectivity index (χ3v) is 11.4. The number of aliphatic hydroxyl groups excluding tert-OH is 2. The second-order valence-electron chi connectivity index (χ2n) is 10.7. The van der Waals surface area contributed by atoms with Crippen LogP contribution in [0.25, 0.3) is 0 Å². The van der Waals surface area contributed by atoms with Crippen LogP contribution >= 0.6 is 0 Å². The lowest BCUT2D eigenvalue weighted by atomic mass is 9.63. The zero-order valence-electron chi connectivity index (χ0n) is 13.5. The molecule has 0 aliphatic heterocycles. The van der Waals surface area contributed by atoms with E-state index in [1.807, 2.05) is 0 Å². The van der Waals surface area contributed by atoms with E-state index in [0.717, 1.165) is 65.1 Å². The fourth-order valence-electron chi connectivity index (χ4n) is 12.0. The van der Waals surface area contributed by atoms with Gasteiger partial charge in [-0.1, -0.05) is 12.2 Å². The molecule has 0 amide bonds. The van der Waals surface area contributed by atoms with Gasteiger partial charge in [-0.3, -0.25) is 0 Å². The van der Waals surface area contributed by atoms with Crippen molar-refractivity contribution < 1.29 is 10.2 Å². The number of fused-ring (bicyclic) bond motifs is 4. The van der Waals surface area contributed by atoms with Gasteiger partial charge in [-0.15, -0.1) is 0 Å². The standard InChI is InChI=1S/C21H26O2/c22-5-21(6-23)19-9-3-1-7-11-8-2-4-10-13(8)16-14(11)15(12(7)9)17(19)18(16)20(10)21/h1,3,7-20,22-23H,2,4-6H2/t7-,8-,9+,10+,11-,12-,13+,14-,15+,16-,17-,18+,19+,20-/m0/s1. The van der Waals surface area contributed by atoms with E-state index in [4.69, 9.17) is 0 Å². The van der Waals surface area contributed by atoms with Crippen molar-refractivity contribution in [2.24, 2.45) is 88.3 Å². The fraction of sp³-hybridized carbons (Fsp3) is 0.905. The fourth-order valence-corrected chi connectivity index (χ4v) is 12.0. The minimum Gasteiger partial charge on any atom is -0.396 e. The van der Waals surface area contributed by atoms with Gasteiger partial charge in [0, 0.05) is 5.41 Å². The molecule has 0 aromatic rings. The Morgan fingerprint density at radius 3 is 2.13 bits per heavy atom. The quantitative estimate of drug-likeness (QED) is 0.766. The summed E-state index contributed by atoms with van der Waals surface area (Å²) in [7, 11) is 0. The van der Waals surface area contributed by atoms with Crippen molar-refractivity contribution in [3.63, 3.8) is 0 Å². The minimum absolute atomic E-state index is 0.145. The molecule has 7 saturated carbocycles. The van der Waals surface area contributed by atoms with Gasteiger partial charge in [-0.05, 0) is 95.7 Å². The van der Waals surface area contributed by atoms with Crippen LogP contribution in [0.2, 0.25) is 0 Å². The van der Waals surface area contributed by atoms with Gasteiger partial charge in [0.2, 0.25) is 0 Å². The van der Waals surface area contributed by atoms with Gasteiger partial charge >= 0.3 is 0 Å². The zero-order valence-corrected chi connectivity index (χ0v) is 13.5. The second-order valence-corrected chi connectivity index (χ2v) is 10.7. The molecule has 0 heterocycles. The molecule has 0 radical (unpaired) electrons. The van der Waals surface area contributed by atoms with Crippen molar-refractivity contribution in [3.05, 3.63) is 12.2 Å². The molecule has 2 N–H and O–H groups in total. The van der Waals surface area contributed by atoms with Gasteiger partial charge in [0.25, 0.3) is 0 Å². The topological polar surface area (TPSA) is 40.5 Å². The molecule has 122 valence electrons. The van der Waals surface area contributed by atoms with Crippen molar-refractivity contribution in [3.8, 4) is 0 Å². The summed E-state index contributed by atoms with van der Waals surface area (Å²) in [6.07, 6.45) is 8.06. The highest BCUT2D eigenvalue weighted by Crippen LogP contribution is 2.89. The van der Waals surface area contributed by atoms with E-state index in [1.54, 1.807) is 0 Å². The highest BCUT2D eigenvalue weighted by atomic mass is 16.3. The maximum Gasteiger partial charge on any atom is 0.0515 e. The summed E-state index contributed by atoms with van der Waals surface area (Å²) in [4.78, 5) is 0. The van der Waals surface area contributed by atoms with Crippen molar-refractivity contribution in [1.82, 2.24) is 0 Å². The molecule has 14 atom stereocenters. The molecule has 2 nitrogen and oxygen atoms in total. The van der Waals surface area contributed by atoms with Crippen LogP contribution in [0.5, 0.6) is 0 Å². The molecule has 0 aromatic carbocycles. The van der Waals surface area contributed by atoms with Gasteiger partial charge in [0.1, 0.15) is 0 Å². The van der Waals surface area contributed by atoms with Gasteiger partial charge in [-0.2, -0.15) is 0 Å². The number of hydrogen-bond acceptors (Lipinski definition) is 2. The summed E-state index contributed by atoms with van der Waals surface area (Å²) < 4.78 is 0. The zero-order chi connectivity index (χ0) is 14.8. The van der Waals surface area contributed by atoms with Crippen LogP contribution in [0, 0.1) is 88.3 Å².